The van der Waals surface area contributed by atoms with E-state index in [0.29, 0.717) is 24.5 Å². The van der Waals surface area contributed by atoms with Gasteiger partial charge in [-0.05, 0) is 43.5 Å². The first kappa shape index (κ1) is 14.1. The third-order valence-corrected chi connectivity index (χ3v) is 5.02. The van der Waals surface area contributed by atoms with Crippen LogP contribution < -0.4 is 16.2 Å². The Hall–Kier alpha value is -1.50. The number of piperidine rings is 1. The van der Waals surface area contributed by atoms with Crippen molar-refractivity contribution in [3.05, 3.63) is 30.1 Å². The number of carbonyl (C=O) groups is 1. The van der Waals surface area contributed by atoms with Crippen molar-refractivity contribution >= 4 is 5.91 Å². The van der Waals surface area contributed by atoms with Crippen LogP contribution in [0.25, 0.3) is 0 Å². The van der Waals surface area contributed by atoms with Crippen molar-refractivity contribution in [3.63, 3.8) is 0 Å². The first-order chi connectivity index (χ1) is 10.8. The highest BCUT2D eigenvalue weighted by molar-refractivity contribution is 5.83. The Morgan fingerprint density at radius 2 is 2.05 bits per heavy atom. The molecule has 6 heteroatoms. The van der Waals surface area contributed by atoms with Gasteiger partial charge < -0.3 is 10.2 Å². The van der Waals surface area contributed by atoms with Gasteiger partial charge in [0.2, 0.25) is 5.91 Å². The van der Waals surface area contributed by atoms with Gasteiger partial charge in [-0.1, -0.05) is 0 Å². The topological polar surface area (TPSA) is 69.3 Å². The Bertz CT molecular complexity index is 533. The largest absolute Gasteiger partial charge is 0.334 e. The highest BCUT2D eigenvalue weighted by Gasteiger charge is 2.45. The maximum Gasteiger partial charge on any atom is 0.242 e. The third kappa shape index (κ3) is 2.74. The summed E-state index contributed by atoms with van der Waals surface area (Å²) in [6.07, 6.45) is 6.92. The Morgan fingerprint density at radius 3 is 2.82 bits per heavy atom. The van der Waals surface area contributed by atoms with E-state index in [9.17, 15) is 4.79 Å². The van der Waals surface area contributed by atoms with Gasteiger partial charge in [0.15, 0.2) is 0 Å². The monoisotopic (exact) mass is 301 g/mol. The lowest BCUT2D eigenvalue weighted by Gasteiger charge is -2.31. The van der Waals surface area contributed by atoms with Gasteiger partial charge in [-0.2, -0.15) is 0 Å². The molecule has 2 aliphatic heterocycles. The molecular weight excluding hydrogens is 278 g/mol. The normalized spacial score (nSPS) is 30.8. The summed E-state index contributed by atoms with van der Waals surface area (Å²) in [5.74, 6) is 0.586. The van der Waals surface area contributed by atoms with Crippen LogP contribution in [0.4, 0.5) is 0 Å². The van der Waals surface area contributed by atoms with E-state index in [-0.39, 0.29) is 11.9 Å². The number of amides is 1. The van der Waals surface area contributed by atoms with Crippen LogP contribution in [-0.4, -0.2) is 47.0 Å². The first-order valence-electron chi connectivity index (χ1n) is 8.24. The van der Waals surface area contributed by atoms with Gasteiger partial charge in [-0.3, -0.25) is 15.2 Å². The SMILES string of the molecule is O=C(C1NNC2CCNCC21)N(Cc1ccncc1)C1CC1. The molecule has 1 amide bonds. The van der Waals surface area contributed by atoms with Gasteiger partial charge in [-0.15, -0.1) is 0 Å². The number of aromatic nitrogens is 1. The molecular formula is C16H23N5O. The fourth-order valence-corrected chi connectivity index (χ4v) is 3.60. The van der Waals surface area contributed by atoms with Gasteiger partial charge >= 0.3 is 0 Å². The second-order valence-electron chi connectivity index (χ2n) is 6.58. The average molecular weight is 301 g/mol. The summed E-state index contributed by atoms with van der Waals surface area (Å²) in [6.45, 7) is 2.63. The van der Waals surface area contributed by atoms with Crippen molar-refractivity contribution in [2.24, 2.45) is 5.92 Å². The molecule has 1 aromatic heterocycles. The molecule has 3 fully saturated rings. The number of nitrogens with one attached hydrogen (secondary N) is 3. The fraction of sp³-hybridized carbons (Fsp3) is 0.625. The summed E-state index contributed by atoms with van der Waals surface area (Å²) in [5, 5.41) is 3.42. The molecule has 0 aromatic carbocycles. The molecule has 1 saturated carbocycles. The van der Waals surface area contributed by atoms with Crippen LogP contribution in [0.2, 0.25) is 0 Å². The minimum atomic E-state index is -0.111. The second kappa shape index (κ2) is 5.95. The molecule has 118 valence electrons. The van der Waals surface area contributed by atoms with E-state index in [4.69, 9.17) is 0 Å². The summed E-state index contributed by atoms with van der Waals surface area (Å²) >= 11 is 0. The molecule has 1 aromatic rings. The molecule has 0 spiro atoms. The van der Waals surface area contributed by atoms with Crippen molar-refractivity contribution in [3.8, 4) is 0 Å². The Balaban J connectivity index is 1.49. The Kier molecular flexibility index (Phi) is 3.82. The van der Waals surface area contributed by atoms with Crippen LogP contribution in [0, 0.1) is 5.92 Å². The summed E-state index contributed by atoms with van der Waals surface area (Å²) in [4.78, 5) is 19.2. The molecule has 3 N–H and O–H groups in total. The van der Waals surface area contributed by atoms with Crippen LogP contribution in [0.5, 0.6) is 0 Å². The average Bonchev–Trinajstić information content (AvgIpc) is 3.31. The molecule has 3 unspecified atom stereocenters. The van der Waals surface area contributed by atoms with Gasteiger partial charge in [0.25, 0.3) is 0 Å². The van der Waals surface area contributed by atoms with E-state index >= 15 is 0 Å². The minimum absolute atomic E-state index is 0.111. The molecule has 4 rings (SSSR count). The highest BCUT2D eigenvalue weighted by Crippen LogP contribution is 2.31. The van der Waals surface area contributed by atoms with E-state index in [1.165, 1.54) is 0 Å². The first-order valence-corrected chi connectivity index (χ1v) is 8.24. The Morgan fingerprint density at radius 1 is 1.23 bits per heavy atom. The molecule has 0 radical (unpaired) electrons. The summed E-state index contributed by atoms with van der Waals surface area (Å²) < 4.78 is 0. The van der Waals surface area contributed by atoms with E-state index in [0.717, 1.165) is 37.9 Å². The summed E-state index contributed by atoms with van der Waals surface area (Å²) in [7, 11) is 0. The predicted octanol–water partition coefficient (Wildman–Crippen LogP) is 0.0271. The summed E-state index contributed by atoms with van der Waals surface area (Å²) in [6, 6.07) is 4.71. The zero-order valence-corrected chi connectivity index (χ0v) is 12.7. The number of rotatable bonds is 4. The van der Waals surface area contributed by atoms with Crippen molar-refractivity contribution in [2.75, 3.05) is 13.1 Å². The van der Waals surface area contributed by atoms with E-state index < -0.39 is 0 Å². The zero-order valence-electron chi connectivity index (χ0n) is 12.7. The number of hydrazine groups is 1. The molecule has 3 heterocycles. The number of pyridine rings is 1. The minimum Gasteiger partial charge on any atom is -0.334 e. The maximum atomic E-state index is 13.1. The maximum absolute atomic E-state index is 13.1. The number of nitrogens with zero attached hydrogens (tertiary/aromatic N) is 2. The number of carbonyl (C=O) groups excluding carboxylic acids is 1. The van der Waals surface area contributed by atoms with Crippen LogP contribution in [0.15, 0.2) is 24.5 Å². The van der Waals surface area contributed by atoms with Gasteiger partial charge in [0.05, 0.1) is 0 Å². The Labute approximate surface area is 130 Å². The molecule has 0 bridgehead atoms. The molecule has 6 nitrogen and oxygen atoms in total. The number of fused-ring (bicyclic) bond motifs is 1. The number of hydrogen-bond donors (Lipinski definition) is 3. The lowest BCUT2D eigenvalue weighted by atomic mass is 9.88. The fourth-order valence-electron chi connectivity index (χ4n) is 3.60. The second-order valence-corrected chi connectivity index (χ2v) is 6.58. The van der Waals surface area contributed by atoms with E-state index in [1.807, 2.05) is 12.1 Å². The molecule has 22 heavy (non-hydrogen) atoms. The smallest absolute Gasteiger partial charge is 0.242 e. The highest BCUT2D eigenvalue weighted by atomic mass is 16.2. The van der Waals surface area contributed by atoms with Crippen LogP contribution in [0.3, 0.4) is 0 Å². The molecule has 2 saturated heterocycles. The quantitative estimate of drug-likeness (QED) is 0.732. The van der Waals surface area contributed by atoms with Gasteiger partial charge in [0, 0.05) is 43.5 Å². The van der Waals surface area contributed by atoms with Crippen molar-refractivity contribution in [1.82, 2.24) is 26.1 Å². The van der Waals surface area contributed by atoms with Gasteiger partial charge in [0.1, 0.15) is 6.04 Å². The van der Waals surface area contributed by atoms with E-state index in [2.05, 4.69) is 26.1 Å². The number of hydrogen-bond acceptors (Lipinski definition) is 5. The lowest BCUT2D eigenvalue weighted by Crippen LogP contribution is -2.51. The van der Waals surface area contributed by atoms with Crippen molar-refractivity contribution < 1.29 is 4.79 Å². The van der Waals surface area contributed by atoms with Crippen LogP contribution in [0.1, 0.15) is 24.8 Å². The van der Waals surface area contributed by atoms with Gasteiger partial charge in [-0.25, -0.2) is 5.43 Å². The predicted molar refractivity (Wildman–Crippen MR) is 82.6 cm³/mol. The lowest BCUT2D eigenvalue weighted by molar-refractivity contribution is -0.135. The zero-order chi connectivity index (χ0) is 14.9. The molecule has 3 aliphatic rings. The molecule has 3 atom stereocenters. The molecule has 1 aliphatic carbocycles. The van der Waals surface area contributed by atoms with E-state index in [1.54, 1.807) is 12.4 Å². The third-order valence-electron chi connectivity index (χ3n) is 5.02. The summed E-state index contributed by atoms with van der Waals surface area (Å²) in [5.41, 5.74) is 7.73. The standard InChI is InChI=1S/C16H23N5O/c22-16(15-13-9-18-8-5-14(13)19-20-15)21(12-1-2-12)10-11-3-6-17-7-4-11/h3-4,6-7,12-15,18-20H,1-2,5,8-10H2. The van der Waals surface area contributed by atoms with Crippen LogP contribution in [-0.2, 0) is 11.3 Å². The van der Waals surface area contributed by atoms with Crippen molar-refractivity contribution in [1.29, 1.82) is 0 Å². The van der Waals surface area contributed by atoms with Crippen molar-refractivity contribution in [2.45, 2.75) is 43.9 Å². The van der Waals surface area contributed by atoms with Crippen LogP contribution >= 0.6 is 0 Å².